The molecule has 0 fully saturated rings. The van der Waals surface area contributed by atoms with Gasteiger partial charge >= 0.3 is 5.97 Å². The second kappa shape index (κ2) is 7.04. The molecule has 1 aromatic carbocycles. The van der Waals surface area contributed by atoms with E-state index in [1.165, 1.54) is 5.56 Å². The Morgan fingerprint density at radius 2 is 2.00 bits per heavy atom. The molecule has 0 bridgehead atoms. The maximum Gasteiger partial charge on any atom is 0.306 e. The topological polar surface area (TPSA) is 26.3 Å². The highest BCUT2D eigenvalue weighted by molar-refractivity contribution is 5.69. The van der Waals surface area contributed by atoms with Crippen LogP contribution in [-0.4, -0.2) is 12.6 Å². The zero-order valence-electron chi connectivity index (χ0n) is 10.1. The number of benzene rings is 1. The molecule has 0 heterocycles. The molecule has 0 aliphatic carbocycles. The fourth-order valence-corrected chi connectivity index (χ4v) is 1.42. The number of hydrogen-bond donors (Lipinski definition) is 0. The maximum absolute atomic E-state index is 11.4. The number of carbonyl (C=O) groups is 1. The van der Waals surface area contributed by atoms with Gasteiger partial charge in [0.05, 0.1) is 6.61 Å². The third kappa shape index (κ3) is 4.96. The third-order valence-electron chi connectivity index (χ3n) is 2.71. The first kappa shape index (κ1) is 12.8. The van der Waals surface area contributed by atoms with Crippen molar-refractivity contribution in [3.63, 3.8) is 0 Å². The van der Waals surface area contributed by atoms with Gasteiger partial charge in [-0.15, -0.1) is 0 Å². The minimum absolute atomic E-state index is 0.0784. The Morgan fingerprint density at radius 1 is 1.31 bits per heavy atom. The summed E-state index contributed by atoms with van der Waals surface area (Å²) in [5.41, 5.74) is 1.21. The predicted molar refractivity (Wildman–Crippen MR) is 65.2 cm³/mol. The van der Waals surface area contributed by atoms with Crippen LogP contribution < -0.4 is 0 Å². The van der Waals surface area contributed by atoms with E-state index in [1.54, 1.807) is 0 Å². The van der Waals surface area contributed by atoms with Gasteiger partial charge in [0.25, 0.3) is 0 Å². The van der Waals surface area contributed by atoms with Crippen molar-refractivity contribution < 1.29 is 9.53 Å². The van der Waals surface area contributed by atoms with Crippen LogP contribution in [0.1, 0.15) is 32.3 Å². The van der Waals surface area contributed by atoms with E-state index in [0.29, 0.717) is 18.9 Å². The molecular formula is C14H20O2. The first-order valence-corrected chi connectivity index (χ1v) is 5.92. The van der Waals surface area contributed by atoms with Crippen molar-refractivity contribution in [2.45, 2.75) is 33.1 Å². The minimum atomic E-state index is -0.0784. The fourth-order valence-electron chi connectivity index (χ4n) is 1.42. The normalized spacial score (nSPS) is 12.1. The van der Waals surface area contributed by atoms with Crippen LogP contribution in [0.25, 0.3) is 0 Å². The molecule has 0 saturated carbocycles. The molecule has 2 nitrogen and oxygen atoms in total. The molecule has 0 aromatic heterocycles. The van der Waals surface area contributed by atoms with Gasteiger partial charge in [-0.05, 0) is 11.5 Å². The van der Waals surface area contributed by atoms with Gasteiger partial charge in [-0.1, -0.05) is 50.6 Å². The van der Waals surface area contributed by atoms with Crippen molar-refractivity contribution in [3.05, 3.63) is 35.9 Å². The average molecular weight is 220 g/mol. The van der Waals surface area contributed by atoms with Crippen LogP contribution in [0.15, 0.2) is 30.3 Å². The van der Waals surface area contributed by atoms with E-state index in [9.17, 15) is 4.79 Å². The van der Waals surface area contributed by atoms with Crippen molar-refractivity contribution in [2.75, 3.05) is 6.61 Å². The van der Waals surface area contributed by atoms with Gasteiger partial charge in [-0.3, -0.25) is 4.79 Å². The molecule has 2 heteroatoms. The van der Waals surface area contributed by atoms with Gasteiger partial charge in [0.1, 0.15) is 0 Å². The lowest BCUT2D eigenvalue weighted by atomic mass is 10.1. The summed E-state index contributed by atoms with van der Waals surface area (Å²) in [5.74, 6) is 0.342. The lowest BCUT2D eigenvalue weighted by Gasteiger charge is -2.08. The summed E-state index contributed by atoms with van der Waals surface area (Å²) < 4.78 is 5.18. The first-order valence-electron chi connectivity index (χ1n) is 5.92. The summed E-state index contributed by atoms with van der Waals surface area (Å²) >= 11 is 0. The lowest BCUT2D eigenvalue weighted by Crippen LogP contribution is -2.11. The van der Waals surface area contributed by atoms with Crippen LogP contribution in [0.3, 0.4) is 0 Å². The molecule has 0 spiro atoms. The molecule has 0 saturated heterocycles. The second-order valence-electron chi connectivity index (χ2n) is 4.17. The Morgan fingerprint density at radius 3 is 2.62 bits per heavy atom. The summed E-state index contributed by atoms with van der Waals surface area (Å²) in [4.78, 5) is 11.4. The molecule has 0 aliphatic heterocycles. The van der Waals surface area contributed by atoms with Crippen LogP contribution in [0.2, 0.25) is 0 Å². The van der Waals surface area contributed by atoms with Crippen LogP contribution in [0, 0.1) is 5.92 Å². The summed E-state index contributed by atoms with van der Waals surface area (Å²) in [6.45, 7) is 4.64. The van der Waals surface area contributed by atoms with Crippen molar-refractivity contribution in [2.24, 2.45) is 5.92 Å². The number of ether oxygens (including phenoxy) is 1. The summed E-state index contributed by atoms with van der Waals surface area (Å²) in [5, 5.41) is 0. The lowest BCUT2D eigenvalue weighted by molar-refractivity contribution is -0.144. The molecule has 0 N–H and O–H groups in total. The largest absolute Gasteiger partial charge is 0.465 e. The Labute approximate surface area is 97.6 Å². The van der Waals surface area contributed by atoms with Crippen LogP contribution in [-0.2, 0) is 16.0 Å². The highest BCUT2D eigenvalue weighted by Gasteiger charge is 2.07. The fraction of sp³-hybridized carbons (Fsp3) is 0.500. The SMILES string of the molecule is CCC(C)CC(=O)OCCc1ccccc1. The number of carbonyl (C=O) groups excluding carboxylic acids is 1. The maximum atomic E-state index is 11.4. The molecule has 0 amide bonds. The Balaban J connectivity index is 2.18. The van der Waals surface area contributed by atoms with Crippen molar-refractivity contribution in [1.82, 2.24) is 0 Å². The molecule has 88 valence electrons. The Bertz CT molecular complexity index is 306. The van der Waals surface area contributed by atoms with Gasteiger partial charge < -0.3 is 4.74 Å². The zero-order valence-corrected chi connectivity index (χ0v) is 10.1. The highest BCUT2D eigenvalue weighted by Crippen LogP contribution is 2.07. The van der Waals surface area contributed by atoms with Crippen LogP contribution in [0.4, 0.5) is 0 Å². The van der Waals surface area contributed by atoms with E-state index in [1.807, 2.05) is 30.3 Å². The number of rotatable bonds is 6. The smallest absolute Gasteiger partial charge is 0.306 e. The molecule has 16 heavy (non-hydrogen) atoms. The van der Waals surface area contributed by atoms with Gasteiger partial charge in [-0.2, -0.15) is 0 Å². The van der Waals surface area contributed by atoms with Gasteiger partial charge in [0, 0.05) is 12.8 Å². The predicted octanol–water partition coefficient (Wildman–Crippen LogP) is 3.21. The second-order valence-corrected chi connectivity index (χ2v) is 4.17. The Kier molecular flexibility index (Phi) is 5.62. The third-order valence-corrected chi connectivity index (χ3v) is 2.71. The molecule has 1 atom stereocenters. The quantitative estimate of drug-likeness (QED) is 0.688. The van der Waals surface area contributed by atoms with Gasteiger partial charge in [0.15, 0.2) is 0 Å². The van der Waals surface area contributed by atoms with E-state index >= 15 is 0 Å². The number of esters is 1. The van der Waals surface area contributed by atoms with Crippen molar-refractivity contribution in [1.29, 1.82) is 0 Å². The molecule has 1 unspecified atom stereocenters. The standard InChI is InChI=1S/C14H20O2/c1-3-12(2)11-14(15)16-10-9-13-7-5-4-6-8-13/h4-8,12H,3,9-11H2,1-2H3. The van der Waals surface area contributed by atoms with Crippen molar-refractivity contribution >= 4 is 5.97 Å². The number of hydrogen-bond acceptors (Lipinski definition) is 2. The van der Waals surface area contributed by atoms with E-state index in [0.717, 1.165) is 12.8 Å². The molecular weight excluding hydrogens is 200 g/mol. The van der Waals surface area contributed by atoms with Crippen molar-refractivity contribution in [3.8, 4) is 0 Å². The Hall–Kier alpha value is -1.31. The monoisotopic (exact) mass is 220 g/mol. The van der Waals surface area contributed by atoms with E-state index < -0.39 is 0 Å². The first-order chi connectivity index (χ1) is 7.72. The molecule has 1 rings (SSSR count). The highest BCUT2D eigenvalue weighted by atomic mass is 16.5. The average Bonchev–Trinajstić information content (AvgIpc) is 2.30. The van der Waals surface area contributed by atoms with Gasteiger partial charge in [-0.25, -0.2) is 0 Å². The van der Waals surface area contributed by atoms with E-state index in [2.05, 4.69) is 13.8 Å². The summed E-state index contributed by atoms with van der Waals surface area (Å²) in [6.07, 6.45) is 2.35. The molecule has 0 aliphatic rings. The van der Waals surface area contributed by atoms with Crippen LogP contribution >= 0.6 is 0 Å². The molecule has 1 aromatic rings. The zero-order chi connectivity index (χ0) is 11.8. The minimum Gasteiger partial charge on any atom is -0.465 e. The van der Waals surface area contributed by atoms with E-state index in [4.69, 9.17) is 4.74 Å². The summed E-state index contributed by atoms with van der Waals surface area (Å²) in [7, 11) is 0. The van der Waals surface area contributed by atoms with Gasteiger partial charge in [0.2, 0.25) is 0 Å². The van der Waals surface area contributed by atoms with Crippen LogP contribution in [0.5, 0.6) is 0 Å². The molecule has 0 radical (unpaired) electrons. The summed E-state index contributed by atoms with van der Waals surface area (Å²) in [6, 6.07) is 10.1. The van der Waals surface area contributed by atoms with E-state index in [-0.39, 0.29) is 5.97 Å².